The standard InChI is InChI=1S/C11H24N2/c1-6-8-13(7-2)11(4)9-10(3)12-5/h9-10,12H,6-8H2,1-5H3/b11-9-. The smallest absolute Gasteiger partial charge is 0.0238 e. The molecule has 13 heavy (non-hydrogen) atoms. The Kier molecular flexibility index (Phi) is 6.69. The molecule has 78 valence electrons. The Morgan fingerprint density at radius 1 is 1.46 bits per heavy atom. The molecule has 0 radical (unpaired) electrons. The second-order valence-corrected chi connectivity index (χ2v) is 3.47. The summed E-state index contributed by atoms with van der Waals surface area (Å²) >= 11 is 0. The lowest BCUT2D eigenvalue weighted by Gasteiger charge is -2.24. The molecule has 0 heterocycles. The van der Waals surface area contributed by atoms with Gasteiger partial charge in [0.15, 0.2) is 0 Å². The Labute approximate surface area is 83.0 Å². The van der Waals surface area contributed by atoms with Gasteiger partial charge in [0, 0.05) is 24.8 Å². The molecular formula is C11H24N2. The van der Waals surface area contributed by atoms with Crippen LogP contribution in [0.3, 0.4) is 0 Å². The van der Waals surface area contributed by atoms with E-state index in [0.717, 1.165) is 13.1 Å². The molecule has 1 unspecified atom stereocenters. The maximum atomic E-state index is 3.21. The van der Waals surface area contributed by atoms with Crippen molar-refractivity contribution in [2.24, 2.45) is 0 Å². The summed E-state index contributed by atoms with van der Waals surface area (Å²) in [5.74, 6) is 0. The number of nitrogens with zero attached hydrogens (tertiary/aromatic N) is 1. The average molecular weight is 184 g/mol. The third kappa shape index (κ3) is 4.94. The van der Waals surface area contributed by atoms with Crippen LogP contribution in [-0.2, 0) is 0 Å². The number of allylic oxidation sites excluding steroid dienone is 1. The van der Waals surface area contributed by atoms with Crippen molar-refractivity contribution in [3.63, 3.8) is 0 Å². The first-order valence-electron chi connectivity index (χ1n) is 5.26. The molecule has 0 fully saturated rings. The van der Waals surface area contributed by atoms with E-state index < -0.39 is 0 Å². The third-order valence-electron chi connectivity index (χ3n) is 2.32. The highest BCUT2D eigenvalue weighted by molar-refractivity contribution is 5.01. The van der Waals surface area contributed by atoms with Crippen molar-refractivity contribution in [3.05, 3.63) is 11.8 Å². The topological polar surface area (TPSA) is 15.3 Å². The molecule has 0 saturated carbocycles. The highest BCUT2D eigenvalue weighted by Gasteiger charge is 2.02. The van der Waals surface area contributed by atoms with Gasteiger partial charge in [-0.25, -0.2) is 0 Å². The van der Waals surface area contributed by atoms with E-state index in [1.54, 1.807) is 0 Å². The number of likely N-dealkylation sites (N-methyl/N-ethyl adjacent to an activating group) is 1. The van der Waals surface area contributed by atoms with Gasteiger partial charge in [-0.15, -0.1) is 0 Å². The SMILES string of the molecule is CCCN(CC)/C(C)=C\C(C)NC. The highest BCUT2D eigenvalue weighted by atomic mass is 15.1. The van der Waals surface area contributed by atoms with Crippen molar-refractivity contribution < 1.29 is 0 Å². The predicted octanol–water partition coefficient (Wildman–Crippen LogP) is 2.23. The first-order chi connectivity index (χ1) is 6.15. The van der Waals surface area contributed by atoms with Crippen molar-refractivity contribution in [3.8, 4) is 0 Å². The van der Waals surface area contributed by atoms with Gasteiger partial charge in [0.1, 0.15) is 0 Å². The van der Waals surface area contributed by atoms with Gasteiger partial charge in [-0.2, -0.15) is 0 Å². The van der Waals surface area contributed by atoms with Gasteiger partial charge in [0.2, 0.25) is 0 Å². The van der Waals surface area contributed by atoms with Crippen LogP contribution in [0.5, 0.6) is 0 Å². The second kappa shape index (κ2) is 6.96. The summed E-state index contributed by atoms with van der Waals surface area (Å²) in [5.41, 5.74) is 1.38. The second-order valence-electron chi connectivity index (χ2n) is 3.47. The van der Waals surface area contributed by atoms with Gasteiger partial charge < -0.3 is 10.2 Å². The lowest BCUT2D eigenvalue weighted by atomic mass is 10.2. The zero-order valence-corrected chi connectivity index (χ0v) is 9.72. The molecule has 0 aromatic rings. The summed E-state index contributed by atoms with van der Waals surface area (Å²) in [5, 5.41) is 3.21. The van der Waals surface area contributed by atoms with Gasteiger partial charge in [-0.05, 0) is 40.3 Å². The summed E-state index contributed by atoms with van der Waals surface area (Å²) in [4.78, 5) is 2.41. The molecule has 0 bridgehead atoms. The molecular weight excluding hydrogens is 160 g/mol. The predicted molar refractivity (Wildman–Crippen MR) is 59.8 cm³/mol. The molecule has 0 aliphatic heterocycles. The number of hydrogen-bond acceptors (Lipinski definition) is 2. The van der Waals surface area contributed by atoms with Gasteiger partial charge >= 0.3 is 0 Å². The Hall–Kier alpha value is -0.500. The number of rotatable bonds is 6. The maximum absolute atomic E-state index is 3.21. The van der Waals surface area contributed by atoms with Crippen molar-refractivity contribution in [2.45, 2.75) is 40.2 Å². The van der Waals surface area contributed by atoms with Gasteiger partial charge in [-0.3, -0.25) is 0 Å². The minimum Gasteiger partial charge on any atom is -0.376 e. The molecule has 2 nitrogen and oxygen atoms in total. The maximum Gasteiger partial charge on any atom is 0.0238 e. The first kappa shape index (κ1) is 12.5. The van der Waals surface area contributed by atoms with Gasteiger partial charge in [-0.1, -0.05) is 6.92 Å². The van der Waals surface area contributed by atoms with Crippen molar-refractivity contribution in [1.82, 2.24) is 10.2 Å². The molecule has 0 rings (SSSR count). The molecule has 0 aliphatic rings. The Balaban J connectivity index is 4.16. The lowest BCUT2D eigenvalue weighted by molar-refractivity contribution is 0.360. The molecule has 0 aliphatic carbocycles. The fourth-order valence-corrected chi connectivity index (χ4v) is 1.40. The summed E-state index contributed by atoms with van der Waals surface area (Å²) in [6, 6.07) is 0.464. The van der Waals surface area contributed by atoms with E-state index >= 15 is 0 Å². The fourth-order valence-electron chi connectivity index (χ4n) is 1.40. The molecule has 0 saturated heterocycles. The Bertz CT molecular complexity index is 152. The van der Waals surface area contributed by atoms with E-state index in [1.807, 2.05) is 7.05 Å². The Morgan fingerprint density at radius 2 is 2.08 bits per heavy atom. The van der Waals surface area contributed by atoms with E-state index in [9.17, 15) is 0 Å². The monoisotopic (exact) mass is 184 g/mol. The van der Waals surface area contributed by atoms with E-state index in [0.29, 0.717) is 6.04 Å². The molecule has 1 N–H and O–H groups in total. The van der Waals surface area contributed by atoms with Crippen LogP contribution in [0.1, 0.15) is 34.1 Å². The third-order valence-corrected chi connectivity index (χ3v) is 2.32. The van der Waals surface area contributed by atoms with Crippen molar-refractivity contribution >= 4 is 0 Å². The first-order valence-corrected chi connectivity index (χ1v) is 5.26. The van der Waals surface area contributed by atoms with E-state index in [2.05, 4.69) is 44.0 Å². The van der Waals surface area contributed by atoms with E-state index in [4.69, 9.17) is 0 Å². The van der Waals surface area contributed by atoms with Crippen LogP contribution in [0, 0.1) is 0 Å². The molecule has 0 aromatic heterocycles. The summed E-state index contributed by atoms with van der Waals surface area (Å²) in [6.45, 7) is 11.0. The minimum absolute atomic E-state index is 0.464. The molecule has 2 heteroatoms. The Morgan fingerprint density at radius 3 is 2.46 bits per heavy atom. The zero-order chi connectivity index (χ0) is 10.3. The summed E-state index contributed by atoms with van der Waals surface area (Å²) in [7, 11) is 1.99. The lowest BCUT2D eigenvalue weighted by Crippen LogP contribution is -2.25. The highest BCUT2D eigenvalue weighted by Crippen LogP contribution is 2.04. The average Bonchev–Trinajstić information content (AvgIpc) is 2.13. The number of hydrogen-bond donors (Lipinski definition) is 1. The fraction of sp³-hybridized carbons (Fsp3) is 0.818. The van der Waals surface area contributed by atoms with Crippen LogP contribution in [-0.4, -0.2) is 31.1 Å². The normalized spacial score (nSPS) is 14.4. The van der Waals surface area contributed by atoms with Crippen LogP contribution in [0.4, 0.5) is 0 Å². The molecule has 1 atom stereocenters. The minimum atomic E-state index is 0.464. The van der Waals surface area contributed by atoms with Crippen molar-refractivity contribution in [2.75, 3.05) is 20.1 Å². The van der Waals surface area contributed by atoms with Gasteiger partial charge in [0.25, 0.3) is 0 Å². The zero-order valence-electron chi connectivity index (χ0n) is 9.72. The molecule has 0 spiro atoms. The van der Waals surface area contributed by atoms with E-state index in [1.165, 1.54) is 12.1 Å². The van der Waals surface area contributed by atoms with Gasteiger partial charge in [0.05, 0.1) is 0 Å². The van der Waals surface area contributed by atoms with Crippen LogP contribution >= 0.6 is 0 Å². The van der Waals surface area contributed by atoms with Crippen LogP contribution in [0.2, 0.25) is 0 Å². The van der Waals surface area contributed by atoms with Crippen LogP contribution in [0.15, 0.2) is 11.8 Å². The van der Waals surface area contributed by atoms with Crippen LogP contribution in [0.25, 0.3) is 0 Å². The molecule has 0 aromatic carbocycles. The summed E-state index contributed by atoms with van der Waals surface area (Å²) in [6.07, 6.45) is 3.49. The van der Waals surface area contributed by atoms with Crippen molar-refractivity contribution in [1.29, 1.82) is 0 Å². The van der Waals surface area contributed by atoms with Crippen LogP contribution < -0.4 is 5.32 Å². The van der Waals surface area contributed by atoms with E-state index in [-0.39, 0.29) is 0 Å². The molecule has 0 amide bonds. The summed E-state index contributed by atoms with van der Waals surface area (Å²) < 4.78 is 0. The quantitative estimate of drug-likeness (QED) is 0.681. The largest absolute Gasteiger partial charge is 0.376 e. The number of nitrogens with one attached hydrogen (secondary N) is 1.